The van der Waals surface area contributed by atoms with Crippen LogP contribution in [-0.2, 0) is 29.1 Å². The highest BCUT2D eigenvalue weighted by Crippen LogP contribution is 2.18. The number of benzene rings is 1. The fraction of sp³-hybridized carbons (Fsp3) is 0.471. The Bertz CT molecular complexity index is 814. The van der Waals surface area contributed by atoms with E-state index in [4.69, 9.17) is 9.47 Å². The second kappa shape index (κ2) is 8.96. The molecule has 1 aliphatic rings. The van der Waals surface area contributed by atoms with Crippen LogP contribution in [0.2, 0.25) is 0 Å². The van der Waals surface area contributed by atoms with Crippen molar-refractivity contribution in [2.45, 2.75) is 17.7 Å². The molecule has 1 N–H and O–H groups in total. The Labute approximate surface area is 157 Å². The zero-order valence-corrected chi connectivity index (χ0v) is 16.0. The highest BCUT2D eigenvalue weighted by atomic mass is 32.2. The molecule has 0 unspecified atom stereocenters. The summed E-state index contributed by atoms with van der Waals surface area (Å²) in [5.74, 6) is -1.67. The lowest BCUT2D eigenvalue weighted by Crippen LogP contribution is -2.42. The van der Waals surface area contributed by atoms with Gasteiger partial charge in [-0.1, -0.05) is 6.07 Å². The highest BCUT2D eigenvalue weighted by Gasteiger charge is 2.28. The first-order valence-corrected chi connectivity index (χ1v) is 9.83. The zero-order chi connectivity index (χ0) is 20.0. The van der Waals surface area contributed by atoms with Gasteiger partial charge in [-0.05, 0) is 38.1 Å². The van der Waals surface area contributed by atoms with E-state index in [9.17, 15) is 22.8 Å². The molecular weight excluding hydrogens is 376 g/mol. The summed E-state index contributed by atoms with van der Waals surface area (Å²) in [4.78, 5) is 37.2. The Hall–Kier alpha value is -2.46. The van der Waals surface area contributed by atoms with Gasteiger partial charge in [-0.2, -0.15) is 0 Å². The molecule has 0 atom stereocenters. The maximum atomic E-state index is 12.2. The van der Waals surface area contributed by atoms with Crippen molar-refractivity contribution in [2.75, 3.05) is 33.9 Å². The summed E-state index contributed by atoms with van der Waals surface area (Å²) in [5, 5.41) is 0. The molecule has 1 aromatic carbocycles. The number of amides is 1. The van der Waals surface area contributed by atoms with Crippen LogP contribution in [0.1, 0.15) is 23.2 Å². The molecule has 0 aliphatic carbocycles. The summed E-state index contributed by atoms with van der Waals surface area (Å²) >= 11 is 0. The molecule has 1 amide bonds. The number of carbonyl (C=O) groups excluding carboxylic acids is 3. The minimum absolute atomic E-state index is 0.0310. The Kier molecular flexibility index (Phi) is 6.92. The Balaban J connectivity index is 1.90. The van der Waals surface area contributed by atoms with Gasteiger partial charge in [-0.3, -0.25) is 9.59 Å². The van der Waals surface area contributed by atoms with Crippen molar-refractivity contribution in [3.63, 3.8) is 0 Å². The maximum Gasteiger partial charge on any atom is 0.338 e. The van der Waals surface area contributed by atoms with Gasteiger partial charge in [0.2, 0.25) is 10.0 Å². The molecule has 1 aromatic rings. The predicted octanol–water partition coefficient (Wildman–Crippen LogP) is 0.163. The number of piperidine rings is 1. The van der Waals surface area contributed by atoms with Gasteiger partial charge in [0.1, 0.15) is 0 Å². The second-order valence-electron chi connectivity index (χ2n) is 5.99. The fourth-order valence-corrected chi connectivity index (χ4v) is 3.52. The van der Waals surface area contributed by atoms with E-state index in [1.807, 2.05) is 0 Å². The Morgan fingerprint density at radius 2 is 1.89 bits per heavy atom. The number of hydrogen-bond donors (Lipinski definition) is 1. The number of carbonyl (C=O) groups is 3. The molecule has 10 heteroatoms. The van der Waals surface area contributed by atoms with E-state index in [0.717, 1.165) is 0 Å². The lowest BCUT2D eigenvalue weighted by Gasteiger charge is -2.30. The number of hydrogen-bond acceptors (Lipinski definition) is 7. The summed E-state index contributed by atoms with van der Waals surface area (Å²) in [7, 11) is -1.09. The number of rotatable bonds is 6. The van der Waals surface area contributed by atoms with E-state index in [2.05, 4.69) is 4.72 Å². The third-order valence-electron chi connectivity index (χ3n) is 4.36. The molecule has 1 heterocycles. The van der Waals surface area contributed by atoms with Crippen molar-refractivity contribution < 1.29 is 32.3 Å². The van der Waals surface area contributed by atoms with Crippen LogP contribution in [0, 0.1) is 5.92 Å². The van der Waals surface area contributed by atoms with Crippen LogP contribution in [0.4, 0.5) is 0 Å². The summed E-state index contributed by atoms with van der Waals surface area (Å²) in [5.41, 5.74) is 0.0310. The lowest BCUT2D eigenvalue weighted by molar-refractivity contribution is -0.149. The van der Waals surface area contributed by atoms with E-state index >= 15 is 0 Å². The van der Waals surface area contributed by atoms with E-state index in [1.165, 1.54) is 43.3 Å². The van der Waals surface area contributed by atoms with Gasteiger partial charge in [0.25, 0.3) is 5.91 Å². The average molecular weight is 398 g/mol. The first-order chi connectivity index (χ1) is 12.8. The van der Waals surface area contributed by atoms with Gasteiger partial charge in [0.15, 0.2) is 6.61 Å². The number of nitrogens with zero attached hydrogens (tertiary/aromatic N) is 1. The van der Waals surface area contributed by atoms with Crippen molar-refractivity contribution in [1.82, 2.24) is 9.62 Å². The number of ether oxygens (including phenoxy) is 2. The van der Waals surface area contributed by atoms with E-state index in [-0.39, 0.29) is 28.3 Å². The summed E-state index contributed by atoms with van der Waals surface area (Å²) in [6, 6.07) is 5.35. The van der Waals surface area contributed by atoms with Crippen molar-refractivity contribution in [2.24, 2.45) is 5.92 Å². The van der Waals surface area contributed by atoms with Crippen molar-refractivity contribution in [3.05, 3.63) is 29.8 Å². The van der Waals surface area contributed by atoms with Gasteiger partial charge < -0.3 is 14.4 Å². The molecule has 0 bridgehead atoms. The molecule has 0 radical (unpaired) electrons. The topological polar surface area (TPSA) is 119 Å². The number of esters is 2. The highest BCUT2D eigenvalue weighted by molar-refractivity contribution is 7.89. The van der Waals surface area contributed by atoms with Gasteiger partial charge in [0, 0.05) is 13.1 Å². The molecule has 1 saturated heterocycles. The smallest absolute Gasteiger partial charge is 0.338 e. The van der Waals surface area contributed by atoms with Gasteiger partial charge in [0.05, 0.1) is 23.5 Å². The summed E-state index contributed by atoms with van der Waals surface area (Å²) in [6.45, 7) is 0.308. The van der Waals surface area contributed by atoms with Crippen molar-refractivity contribution in [3.8, 4) is 0 Å². The van der Waals surface area contributed by atoms with Crippen LogP contribution in [0.3, 0.4) is 0 Å². The first-order valence-electron chi connectivity index (χ1n) is 8.35. The summed E-state index contributed by atoms with van der Waals surface area (Å²) < 4.78 is 35.4. The van der Waals surface area contributed by atoms with Crippen LogP contribution in [-0.4, -0.2) is 65.0 Å². The SMILES string of the molecule is CNS(=O)(=O)c1cccc(C(=O)OCC(=O)N2CCC(C(=O)OC)CC2)c1. The normalized spacial score (nSPS) is 15.3. The van der Waals surface area contributed by atoms with Crippen LogP contribution < -0.4 is 4.72 Å². The average Bonchev–Trinajstić information content (AvgIpc) is 2.71. The van der Waals surface area contributed by atoms with Gasteiger partial charge in [-0.25, -0.2) is 17.9 Å². The van der Waals surface area contributed by atoms with E-state index in [1.54, 1.807) is 0 Å². The van der Waals surface area contributed by atoms with Crippen LogP contribution in [0.5, 0.6) is 0 Å². The van der Waals surface area contributed by atoms with Crippen molar-refractivity contribution >= 4 is 27.9 Å². The van der Waals surface area contributed by atoms with Crippen LogP contribution in [0.15, 0.2) is 29.2 Å². The molecule has 0 saturated carbocycles. The molecule has 9 nitrogen and oxygen atoms in total. The molecule has 0 spiro atoms. The monoisotopic (exact) mass is 398 g/mol. The number of likely N-dealkylation sites (tertiary alicyclic amines) is 1. The van der Waals surface area contributed by atoms with Gasteiger partial charge in [-0.15, -0.1) is 0 Å². The van der Waals surface area contributed by atoms with Gasteiger partial charge >= 0.3 is 11.9 Å². The van der Waals surface area contributed by atoms with E-state index < -0.39 is 22.6 Å². The number of nitrogens with one attached hydrogen (secondary N) is 1. The minimum atomic E-state index is -3.69. The predicted molar refractivity (Wildman–Crippen MR) is 94.3 cm³/mol. The quantitative estimate of drug-likeness (QED) is 0.678. The lowest BCUT2D eigenvalue weighted by atomic mass is 9.97. The Morgan fingerprint density at radius 1 is 1.22 bits per heavy atom. The molecule has 2 rings (SSSR count). The Morgan fingerprint density at radius 3 is 2.48 bits per heavy atom. The molecule has 148 valence electrons. The van der Waals surface area contributed by atoms with Crippen LogP contribution >= 0.6 is 0 Å². The largest absolute Gasteiger partial charge is 0.469 e. The number of methoxy groups -OCH3 is 1. The molecule has 0 aromatic heterocycles. The molecule has 1 fully saturated rings. The van der Waals surface area contributed by atoms with E-state index in [0.29, 0.717) is 25.9 Å². The molecule has 1 aliphatic heterocycles. The zero-order valence-electron chi connectivity index (χ0n) is 15.1. The standard InChI is InChI=1S/C17H22N2O7S/c1-18-27(23,24)14-5-3-4-13(10-14)17(22)26-11-15(20)19-8-6-12(7-9-19)16(21)25-2/h3-5,10,12,18H,6-9,11H2,1-2H3. The van der Waals surface area contributed by atoms with Crippen LogP contribution in [0.25, 0.3) is 0 Å². The maximum absolute atomic E-state index is 12.2. The molecular formula is C17H22N2O7S. The fourth-order valence-electron chi connectivity index (χ4n) is 2.74. The third-order valence-corrected chi connectivity index (χ3v) is 5.77. The minimum Gasteiger partial charge on any atom is -0.469 e. The first kappa shape index (κ1) is 20.8. The summed E-state index contributed by atoms with van der Waals surface area (Å²) in [6.07, 6.45) is 0.993. The molecule has 27 heavy (non-hydrogen) atoms. The van der Waals surface area contributed by atoms with Crippen molar-refractivity contribution in [1.29, 1.82) is 0 Å². The number of sulfonamides is 1. The third kappa shape index (κ3) is 5.27. The second-order valence-corrected chi connectivity index (χ2v) is 7.88.